The van der Waals surface area contributed by atoms with Gasteiger partial charge in [0.1, 0.15) is 0 Å². The van der Waals surface area contributed by atoms with Crippen LogP contribution in [0.4, 0.5) is 0 Å². The van der Waals surface area contributed by atoms with Crippen LogP contribution in [0.5, 0.6) is 0 Å². The van der Waals surface area contributed by atoms with Crippen molar-refractivity contribution in [2.45, 2.75) is 39.0 Å². The molecule has 0 aromatic heterocycles. The van der Waals surface area contributed by atoms with E-state index in [1.165, 1.54) is 45.2 Å². The molecule has 1 saturated carbocycles. The largest absolute Gasteiger partial charge is 0.247 e. The van der Waals surface area contributed by atoms with Gasteiger partial charge < -0.3 is 0 Å². The van der Waals surface area contributed by atoms with Crippen molar-refractivity contribution in [2.24, 2.45) is 11.3 Å². The predicted octanol–water partition coefficient (Wildman–Crippen LogP) is 3.24. The number of hydrogen-bond acceptors (Lipinski definition) is 1. The van der Waals surface area contributed by atoms with Gasteiger partial charge in [-0.25, -0.2) is 3.11 Å². The Hall–Kier alpha value is 0.690. The second-order valence-corrected chi connectivity index (χ2v) is 6.16. The molecule has 2 rings (SSSR count). The molecule has 0 aromatic carbocycles. The maximum atomic E-state index is 2.50. The Bertz CT molecular complexity index is 167. The average Bonchev–Trinajstić information content (AvgIpc) is 2.32. The molecule has 2 aliphatic rings. The van der Waals surface area contributed by atoms with Crippen molar-refractivity contribution < 1.29 is 0 Å². The summed E-state index contributed by atoms with van der Waals surface area (Å²) in [5, 5.41) is 0. The van der Waals surface area contributed by atoms with Crippen LogP contribution in [-0.2, 0) is 0 Å². The molecule has 0 radical (unpaired) electrons. The molecule has 1 heterocycles. The average molecular weight is 279 g/mol. The third kappa shape index (κ3) is 1.79. The van der Waals surface area contributed by atoms with Gasteiger partial charge in [-0.2, -0.15) is 0 Å². The Morgan fingerprint density at radius 1 is 1.42 bits per heavy atom. The van der Waals surface area contributed by atoms with Gasteiger partial charge in [0.05, 0.1) is 0 Å². The number of nitrogens with zero attached hydrogens (tertiary/aromatic N) is 1. The molecule has 1 spiro atoms. The highest BCUT2D eigenvalue weighted by atomic mass is 127. The van der Waals surface area contributed by atoms with Crippen molar-refractivity contribution in [1.29, 1.82) is 0 Å². The summed E-state index contributed by atoms with van der Waals surface area (Å²) < 4.78 is 2.50. The summed E-state index contributed by atoms with van der Waals surface area (Å²) in [6, 6.07) is 0. The first-order chi connectivity index (χ1) is 5.70. The third-order valence-electron chi connectivity index (χ3n) is 3.56. The lowest BCUT2D eigenvalue weighted by Gasteiger charge is -2.37. The summed E-state index contributed by atoms with van der Waals surface area (Å²) in [5.74, 6) is 0.993. The van der Waals surface area contributed by atoms with Gasteiger partial charge in [0.15, 0.2) is 0 Å². The van der Waals surface area contributed by atoms with Crippen LogP contribution in [0.3, 0.4) is 0 Å². The normalized spacial score (nSPS) is 44.0. The first-order valence-electron chi connectivity index (χ1n) is 5.11. The van der Waals surface area contributed by atoms with E-state index in [-0.39, 0.29) is 0 Å². The lowest BCUT2D eigenvalue weighted by molar-refractivity contribution is 0.167. The van der Waals surface area contributed by atoms with Crippen LogP contribution in [0, 0.1) is 11.3 Å². The van der Waals surface area contributed by atoms with Crippen LogP contribution < -0.4 is 0 Å². The summed E-state index contributed by atoms with van der Waals surface area (Å²) >= 11 is 2.50. The standard InChI is InChI=1S/C10H18IN/c1-9-3-5-10(7-9)4-2-6-12(11)8-10/h9H,2-8H2,1H3/t9-,10-/m1/s1. The van der Waals surface area contributed by atoms with Crippen LogP contribution >= 0.6 is 22.9 Å². The zero-order valence-electron chi connectivity index (χ0n) is 7.85. The molecule has 2 atom stereocenters. The summed E-state index contributed by atoms with van der Waals surface area (Å²) in [7, 11) is 0. The maximum Gasteiger partial charge on any atom is 0.0201 e. The van der Waals surface area contributed by atoms with E-state index < -0.39 is 0 Å². The molecule has 1 nitrogen and oxygen atoms in total. The van der Waals surface area contributed by atoms with Crippen molar-refractivity contribution >= 4 is 22.9 Å². The van der Waals surface area contributed by atoms with Gasteiger partial charge in [0.25, 0.3) is 0 Å². The molecular formula is C10H18IN. The SMILES string of the molecule is C[C@@H]1CC[C@]2(CCCN(I)C2)C1. The van der Waals surface area contributed by atoms with Crippen LogP contribution in [0.25, 0.3) is 0 Å². The molecule has 1 saturated heterocycles. The van der Waals surface area contributed by atoms with Gasteiger partial charge >= 0.3 is 0 Å². The first kappa shape index (κ1) is 9.25. The second kappa shape index (κ2) is 3.45. The Labute approximate surface area is 89.4 Å². The van der Waals surface area contributed by atoms with Crippen LogP contribution in [0.15, 0.2) is 0 Å². The lowest BCUT2D eigenvalue weighted by Crippen LogP contribution is -2.36. The van der Waals surface area contributed by atoms with Gasteiger partial charge in [0, 0.05) is 36.0 Å². The van der Waals surface area contributed by atoms with Crippen LogP contribution in [0.2, 0.25) is 0 Å². The first-order valence-corrected chi connectivity index (χ1v) is 6.07. The van der Waals surface area contributed by atoms with E-state index in [4.69, 9.17) is 0 Å². The highest BCUT2D eigenvalue weighted by Gasteiger charge is 2.39. The molecule has 2 heteroatoms. The fourth-order valence-electron chi connectivity index (χ4n) is 3.01. The van der Waals surface area contributed by atoms with Crippen LogP contribution in [-0.4, -0.2) is 16.2 Å². The molecule has 0 unspecified atom stereocenters. The zero-order chi connectivity index (χ0) is 8.60. The number of rotatable bonds is 0. The van der Waals surface area contributed by atoms with Crippen LogP contribution in [0.1, 0.15) is 39.0 Å². The lowest BCUT2D eigenvalue weighted by atomic mass is 9.79. The van der Waals surface area contributed by atoms with E-state index in [9.17, 15) is 0 Å². The fraction of sp³-hybridized carbons (Fsp3) is 1.00. The third-order valence-corrected chi connectivity index (χ3v) is 4.39. The predicted molar refractivity (Wildman–Crippen MR) is 60.3 cm³/mol. The van der Waals surface area contributed by atoms with E-state index in [1.54, 1.807) is 0 Å². The molecule has 0 amide bonds. The molecule has 2 fully saturated rings. The highest BCUT2D eigenvalue weighted by Crippen LogP contribution is 2.47. The maximum absolute atomic E-state index is 2.50. The molecule has 1 aliphatic heterocycles. The van der Waals surface area contributed by atoms with E-state index in [1.807, 2.05) is 0 Å². The molecule has 12 heavy (non-hydrogen) atoms. The molecule has 1 aliphatic carbocycles. The Morgan fingerprint density at radius 3 is 2.83 bits per heavy atom. The van der Waals surface area contributed by atoms with E-state index in [0.717, 1.165) is 11.3 Å². The van der Waals surface area contributed by atoms with Crippen molar-refractivity contribution in [3.8, 4) is 0 Å². The topological polar surface area (TPSA) is 3.24 Å². The van der Waals surface area contributed by atoms with Crippen molar-refractivity contribution in [3.05, 3.63) is 0 Å². The molecule has 0 N–H and O–H groups in total. The number of hydrogen-bond donors (Lipinski definition) is 0. The van der Waals surface area contributed by atoms with Crippen molar-refractivity contribution in [1.82, 2.24) is 3.11 Å². The molecular weight excluding hydrogens is 261 g/mol. The summed E-state index contributed by atoms with van der Waals surface area (Å²) in [6.45, 7) is 5.09. The molecule has 0 bridgehead atoms. The minimum Gasteiger partial charge on any atom is -0.247 e. The highest BCUT2D eigenvalue weighted by molar-refractivity contribution is 14.1. The Kier molecular flexibility index (Phi) is 2.66. The quantitative estimate of drug-likeness (QED) is 0.486. The van der Waals surface area contributed by atoms with E-state index in [0.29, 0.717) is 0 Å². The van der Waals surface area contributed by atoms with E-state index >= 15 is 0 Å². The minimum absolute atomic E-state index is 0.735. The zero-order valence-corrected chi connectivity index (χ0v) is 10.0. The Morgan fingerprint density at radius 2 is 2.25 bits per heavy atom. The van der Waals surface area contributed by atoms with Crippen molar-refractivity contribution in [2.75, 3.05) is 13.1 Å². The van der Waals surface area contributed by atoms with Gasteiger partial charge in [-0.3, -0.25) is 0 Å². The fourth-order valence-corrected chi connectivity index (χ4v) is 4.08. The minimum atomic E-state index is 0.735. The number of halogens is 1. The summed E-state index contributed by atoms with van der Waals surface area (Å²) in [5.41, 5.74) is 0.735. The van der Waals surface area contributed by atoms with E-state index in [2.05, 4.69) is 32.9 Å². The van der Waals surface area contributed by atoms with Crippen molar-refractivity contribution in [3.63, 3.8) is 0 Å². The Balaban J connectivity index is 2.00. The smallest absolute Gasteiger partial charge is 0.0201 e. The van der Waals surface area contributed by atoms with Gasteiger partial charge in [0.2, 0.25) is 0 Å². The molecule has 70 valence electrons. The van der Waals surface area contributed by atoms with Gasteiger partial charge in [-0.1, -0.05) is 13.3 Å². The second-order valence-electron chi connectivity index (χ2n) is 4.80. The molecule has 0 aromatic rings. The number of piperidine rings is 1. The van der Waals surface area contributed by atoms with Gasteiger partial charge in [-0.05, 0) is 37.0 Å². The summed E-state index contributed by atoms with van der Waals surface area (Å²) in [4.78, 5) is 0. The monoisotopic (exact) mass is 279 g/mol. The van der Waals surface area contributed by atoms with Gasteiger partial charge in [-0.15, -0.1) is 0 Å². The summed E-state index contributed by atoms with van der Waals surface area (Å²) in [6.07, 6.45) is 7.39.